The summed E-state index contributed by atoms with van der Waals surface area (Å²) in [5.74, 6) is 0.262. The molecule has 0 bridgehead atoms. The van der Waals surface area contributed by atoms with Crippen molar-refractivity contribution in [1.82, 2.24) is 5.32 Å². The number of aryl methyl sites for hydroxylation is 2. The molecule has 2 aromatic rings. The normalized spacial score (nSPS) is 18.0. The van der Waals surface area contributed by atoms with Crippen molar-refractivity contribution in [2.75, 3.05) is 25.1 Å². The molecule has 0 radical (unpaired) electrons. The predicted octanol–water partition coefficient (Wildman–Crippen LogP) is 3.86. The topological polar surface area (TPSA) is 76.7 Å². The summed E-state index contributed by atoms with van der Waals surface area (Å²) in [5, 5.41) is 6.56. The smallest absolute Gasteiger partial charge is 0.262 e. The van der Waals surface area contributed by atoms with Gasteiger partial charge in [-0.2, -0.15) is 0 Å². The highest BCUT2D eigenvalue weighted by Crippen LogP contribution is 2.38. The number of benzene rings is 1. The minimum absolute atomic E-state index is 0.0874. The number of fused-ring (bicyclic) bond motifs is 1. The maximum absolute atomic E-state index is 13.0. The van der Waals surface area contributed by atoms with Crippen molar-refractivity contribution in [2.24, 2.45) is 0 Å². The van der Waals surface area contributed by atoms with E-state index in [1.165, 1.54) is 16.2 Å². The van der Waals surface area contributed by atoms with Gasteiger partial charge in [-0.1, -0.05) is 17.7 Å². The Labute approximate surface area is 181 Å². The highest BCUT2D eigenvalue weighted by Gasteiger charge is 2.27. The van der Waals surface area contributed by atoms with Crippen molar-refractivity contribution < 1.29 is 19.1 Å². The number of anilines is 1. The molecule has 30 heavy (non-hydrogen) atoms. The van der Waals surface area contributed by atoms with E-state index in [2.05, 4.69) is 10.6 Å². The first-order chi connectivity index (χ1) is 14.6. The maximum Gasteiger partial charge on any atom is 0.262 e. The number of thiophene rings is 1. The van der Waals surface area contributed by atoms with Crippen molar-refractivity contribution in [3.63, 3.8) is 0 Å². The van der Waals surface area contributed by atoms with Crippen LogP contribution in [0, 0.1) is 6.92 Å². The molecule has 0 spiro atoms. The summed E-state index contributed by atoms with van der Waals surface area (Å²) in [6, 6.07) is 7.57. The molecule has 6 nitrogen and oxygen atoms in total. The molecule has 1 aromatic carbocycles. The molecule has 0 unspecified atom stereocenters. The zero-order chi connectivity index (χ0) is 20.9. The van der Waals surface area contributed by atoms with Crippen LogP contribution >= 0.6 is 11.3 Å². The van der Waals surface area contributed by atoms with E-state index in [0.29, 0.717) is 22.9 Å². The van der Waals surface area contributed by atoms with Gasteiger partial charge in [0.2, 0.25) is 0 Å². The Bertz CT molecular complexity index is 901. The van der Waals surface area contributed by atoms with Crippen LogP contribution in [0.25, 0.3) is 0 Å². The van der Waals surface area contributed by atoms with Crippen LogP contribution in [0.4, 0.5) is 5.00 Å². The van der Waals surface area contributed by atoms with E-state index in [1.54, 1.807) is 0 Å². The van der Waals surface area contributed by atoms with Crippen LogP contribution in [-0.2, 0) is 22.4 Å². The van der Waals surface area contributed by atoms with Crippen molar-refractivity contribution in [2.45, 2.75) is 51.6 Å². The molecule has 1 atom stereocenters. The van der Waals surface area contributed by atoms with E-state index in [9.17, 15) is 9.59 Å². The van der Waals surface area contributed by atoms with Gasteiger partial charge in [0.05, 0.1) is 11.7 Å². The molecule has 2 amide bonds. The quantitative estimate of drug-likeness (QED) is 0.702. The van der Waals surface area contributed by atoms with E-state index in [4.69, 9.17) is 9.47 Å². The predicted molar refractivity (Wildman–Crippen MR) is 118 cm³/mol. The number of carbonyl (C=O) groups excluding carboxylic acids is 2. The van der Waals surface area contributed by atoms with Crippen molar-refractivity contribution >= 4 is 28.2 Å². The van der Waals surface area contributed by atoms with Crippen molar-refractivity contribution in [1.29, 1.82) is 0 Å². The van der Waals surface area contributed by atoms with Gasteiger partial charge in [0.1, 0.15) is 10.8 Å². The van der Waals surface area contributed by atoms with E-state index in [0.717, 1.165) is 56.3 Å². The summed E-state index contributed by atoms with van der Waals surface area (Å²) in [6.45, 7) is 3.17. The molecular formula is C23H28N2O4S. The zero-order valence-corrected chi connectivity index (χ0v) is 18.1. The Balaban J connectivity index is 1.43. The second-order valence-electron chi connectivity index (χ2n) is 7.91. The number of hydrogen-bond donors (Lipinski definition) is 2. The van der Waals surface area contributed by atoms with Crippen LogP contribution in [0.5, 0.6) is 5.75 Å². The zero-order valence-electron chi connectivity index (χ0n) is 17.3. The van der Waals surface area contributed by atoms with Gasteiger partial charge in [-0.05, 0) is 63.1 Å². The third-order valence-electron chi connectivity index (χ3n) is 5.56. The molecule has 2 N–H and O–H groups in total. The van der Waals surface area contributed by atoms with Gasteiger partial charge in [-0.15, -0.1) is 11.3 Å². The molecule has 0 saturated carbocycles. The van der Waals surface area contributed by atoms with E-state index < -0.39 is 0 Å². The Hall–Kier alpha value is -2.38. The summed E-state index contributed by atoms with van der Waals surface area (Å²) < 4.78 is 11.2. The fourth-order valence-corrected chi connectivity index (χ4v) is 5.24. The molecule has 1 fully saturated rings. The third-order valence-corrected chi connectivity index (χ3v) is 6.76. The lowest BCUT2D eigenvalue weighted by Crippen LogP contribution is -2.33. The molecule has 1 aliphatic heterocycles. The van der Waals surface area contributed by atoms with Crippen LogP contribution in [0.1, 0.15) is 52.0 Å². The number of hydrogen-bond acceptors (Lipinski definition) is 5. The number of amides is 2. The Morgan fingerprint density at radius 2 is 1.97 bits per heavy atom. The molecule has 4 rings (SSSR count). The first-order valence-corrected chi connectivity index (χ1v) is 11.5. The van der Waals surface area contributed by atoms with Crippen LogP contribution in [0.3, 0.4) is 0 Å². The van der Waals surface area contributed by atoms with Crippen LogP contribution in [-0.4, -0.2) is 37.7 Å². The van der Waals surface area contributed by atoms with Crippen LogP contribution in [0.2, 0.25) is 0 Å². The molecule has 2 aliphatic rings. The molecule has 2 heterocycles. The minimum Gasteiger partial charge on any atom is -0.484 e. The lowest BCUT2D eigenvalue weighted by molar-refractivity contribution is -0.118. The third kappa shape index (κ3) is 5.02. The first-order valence-electron chi connectivity index (χ1n) is 10.6. The van der Waals surface area contributed by atoms with Gasteiger partial charge < -0.3 is 20.1 Å². The largest absolute Gasteiger partial charge is 0.484 e. The molecule has 160 valence electrons. The van der Waals surface area contributed by atoms with Gasteiger partial charge in [-0.25, -0.2) is 0 Å². The standard InChI is InChI=1S/C23H28N2O4S/c1-15-8-10-16(11-9-15)29-14-20(26)25-23-21(18-6-2-3-7-19(18)30-23)22(27)24-13-17-5-4-12-28-17/h8-11,17H,2-7,12-14H2,1H3,(H,24,27)(H,25,26)/t17-/m1/s1. The Morgan fingerprint density at radius 3 is 2.73 bits per heavy atom. The van der Waals surface area contributed by atoms with Gasteiger partial charge in [0.25, 0.3) is 11.8 Å². The highest BCUT2D eigenvalue weighted by molar-refractivity contribution is 7.17. The summed E-state index contributed by atoms with van der Waals surface area (Å²) >= 11 is 1.52. The Morgan fingerprint density at radius 1 is 1.17 bits per heavy atom. The molecule has 7 heteroatoms. The van der Waals surface area contributed by atoms with Gasteiger partial charge in [0, 0.05) is 18.0 Å². The SMILES string of the molecule is Cc1ccc(OCC(=O)Nc2sc3c(c2C(=O)NC[C@H]2CCCO2)CCCC3)cc1. The second kappa shape index (κ2) is 9.62. The summed E-state index contributed by atoms with van der Waals surface area (Å²) in [6.07, 6.45) is 6.13. The van der Waals surface area contributed by atoms with E-state index in [-0.39, 0.29) is 24.5 Å². The van der Waals surface area contributed by atoms with Gasteiger partial charge in [-0.3, -0.25) is 9.59 Å². The minimum atomic E-state index is -0.262. The average molecular weight is 429 g/mol. The number of ether oxygens (including phenoxy) is 2. The van der Waals surface area contributed by atoms with E-state index in [1.807, 2.05) is 31.2 Å². The monoisotopic (exact) mass is 428 g/mol. The highest BCUT2D eigenvalue weighted by atomic mass is 32.1. The fraction of sp³-hybridized carbons (Fsp3) is 0.478. The summed E-state index contributed by atoms with van der Waals surface area (Å²) in [4.78, 5) is 26.7. The molecule has 1 aliphatic carbocycles. The fourth-order valence-electron chi connectivity index (χ4n) is 3.94. The van der Waals surface area contributed by atoms with Gasteiger partial charge >= 0.3 is 0 Å². The number of rotatable bonds is 7. The van der Waals surface area contributed by atoms with Crippen LogP contribution < -0.4 is 15.4 Å². The molecule has 1 aromatic heterocycles. The maximum atomic E-state index is 13.0. The number of nitrogens with one attached hydrogen (secondary N) is 2. The lowest BCUT2D eigenvalue weighted by atomic mass is 9.95. The van der Waals surface area contributed by atoms with Gasteiger partial charge in [0.15, 0.2) is 6.61 Å². The lowest BCUT2D eigenvalue weighted by Gasteiger charge is -2.15. The van der Waals surface area contributed by atoms with Crippen molar-refractivity contribution in [3.05, 3.63) is 45.8 Å². The number of carbonyl (C=O) groups is 2. The Kier molecular flexibility index (Phi) is 6.69. The summed E-state index contributed by atoms with van der Waals surface area (Å²) in [7, 11) is 0. The molecular weight excluding hydrogens is 400 g/mol. The average Bonchev–Trinajstić information content (AvgIpc) is 3.39. The van der Waals surface area contributed by atoms with E-state index >= 15 is 0 Å². The van der Waals surface area contributed by atoms with Crippen LogP contribution in [0.15, 0.2) is 24.3 Å². The summed E-state index contributed by atoms with van der Waals surface area (Å²) in [5.41, 5.74) is 2.84. The first kappa shape index (κ1) is 20.9. The van der Waals surface area contributed by atoms with Crippen molar-refractivity contribution in [3.8, 4) is 5.75 Å². The molecule has 1 saturated heterocycles. The second-order valence-corrected chi connectivity index (χ2v) is 9.02.